The van der Waals surface area contributed by atoms with Gasteiger partial charge in [0.25, 0.3) is 11.6 Å². The summed E-state index contributed by atoms with van der Waals surface area (Å²) in [5.41, 5.74) is 1.31. The van der Waals surface area contributed by atoms with Crippen molar-refractivity contribution in [1.82, 2.24) is 19.6 Å². The van der Waals surface area contributed by atoms with E-state index < -0.39 is 17.8 Å². The lowest BCUT2D eigenvalue weighted by atomic mass is 10.2. The van der Waals surface area contributed by atoms with Crippen LogP contribution in [0.3, 0.4) is 0 Å². The molecule has 1 fully saturated rings. The van der Waals surface area contributed by atoms with E-state index in [1.165, 1.54) is 6.07 Å². The second kappa shape index (κ2) is 6.77. The van der Waals surface area contributed by atoms with Gasteiger partial charge in [-0.2, -0.15) is 22.7 Å². The van der Waals surface area contributed by atoms with Crippen LogP contribution >= 0.6 is 11.6 Å². The number of aromatic nitrogens is 4. The summed E-state index contributed by atoms with van der Waals surface area (Å²) in [6.45, 7) is 2.94. The van der Waals surface area contributed by atoms with E-state index in [0.29, 0.717) is 24.6 Å². The number of halogens is 5. The van der Waals surface area contributed by atoms with Crippen molar-refractivity contribution in [3.05, 3.63) is 46.6 Å². The maximum atomic E-state index is 13.4. The topological polar surface area (TPSA) is 58.4 Å². The number of nitrogens with zero attached hydrogens (tertiary/aromatic N) is 5. The van der Waals surface area contributed by atoms with Crippen LogP contribution in [0.1, 0.15) is 17.9 Å². The molecule has 6 nitrogen and oxygen atoms in total. The van der Waals surface area contributed by atoms with Gasteiger partial charge in [0.1, 0.15) is 11.6 Å². The Bertz CT molecular complexity index is 1030. The molecular formula is C17H15ClF4N6. The van der Waals surface area contributed by atoms with Crippen LogP contribution in [0.4, 0.5) is 29.1 Å². The van der Waals surface area contributed by atoms with E-state index in [-0.39, 0.29) is 16.8 Å². The minimum absolute atomic E-state index is 0.0441. The molecule has 0 saturated carbocycles. The SMILES string of the molecule is Cc1cc(NC2CCN(c3ccc(F)c(Cl)c3)C2)n2nc(C(F)(F)F)nc2n1. The molecule has 0 radical (unpaired) electrons. The van der Waals surface area contributed by atoms with Crippen molar-refractivity contribution in [2.75, 3.05) is 23.3 Å². The number of fused-ring (bicyclic) bond motifs is 1. The summed E-state index contributed by atoms with van der Waals surface area (Å²) in [4.78, 5) is 9.51. The molecule has 3 heterocycles. The average molecular weight is 415 g/mol. The van der Waals surface area contributed by atoms with Crippen LogP contribution in [0.5, 0.6) is 0 Å². The zero-order chi connectivity index (χ0) is 20.1. The Kier molecular flexibility index (Phi) is 4.53. The van der Waals surface area contributed by atoms with Crippen molar-refractivity contribution in [1.29, 1.82) is 0 Å². The van der Waals surface area contributed by atoms with Gasteiger partial charge in [-0.25, -0.2) is 9.37 Å². The van der Waals surface area contributed by atoms with Crippen LogP contribution in [-0.2, 0) is 6.18 Å². The zero-order valence-electron chi connectivity index (χ0n) is 14.6. The highest BCUT2D eigenvalue weighted by atomic mass is 35.5. The molecule has 1 aliphatic heterocycles. The third-order valence-electron chi connectivity index (χ3n) is 4.50. The maximum absolute atomic E-state index is 13.4. The van der Waals surface area contributed by atoms with Gasteiger partial charge < -0.3 is 10.2 Å². The van der Waals surface area contributed by atoms with Gasteiger partial charge in [0, 0.05) is 36.6 Å². The number of hydrogen-bond donors (Lipinski definition) is 1. The minimum Gasteiger partial charge on any atom is -0.369 e. The molecular weight excluding hydrogens is 400 g/mol. The first-order valence-corrected chi connectivity index (χ1v) is 8.86. The summed E-state index contributed by atoms with van der Waals surface area (Å²) in [6, 6.07) is 6.08. The van der Waals surface area contributed by atoms with Crippen molar-refractivity contribution in [3.8, 4) is 0 Å². The van der Waals surface area contributed by atoms with Crippen molar-refractivity contribution in [2.45, 2.75) is 25.6 Å². The Morgan fingerprint density at radius 3 is 2.71 bits per heavy atom. The van der Waals surface area contributed by atoms with Gasteiger partial charge in [-0.3, -0.25) is 0 Å². The van der Waals surface area contributed by atoms with Crippen LogP contribution in [-0.4, -0.2) is 38.7 Å². The van der Waals surface area contributed by atoms with Gasteiger partial charge in [-0.05, 0) is 31.5 Å². The van der Waals surface area contributed by atoms with Gasteiger partial charge in [-0.15, -0.1) is 5.10 Å². The molecule has 0 amide bonds. The highest BCUT2D eigenvalue weighted by molar-refractivity contribution is 6.31. The molecule has 0 bridgehead atoms. The quantitative estimate of drug-likeness (QED) is 0.658. The van der Waals surface area contributed by atoms with Gasteiger partial charge in [0.15, 0.2) is 0 Å². The second-order valence-electron chi connectivity index (χ2n) is 6.60. The lowest BCUT2D eigenvalue weighted by molar-refractivity contribution is -0.144. The molecule has 11 heteroatoms. The van der Waals surface area contributed by atoms with Crippen LogP contribution in [0, 0.1) is 12.7 Å². The van der Waals surface area contributed by atoms with Crippen molar-refractivity contribution >= 4 is 28.9 Å². The van der Waals surface area contributed by atoms with Gasteiger partial charge in [0.2, 0.25) is 0 Å². The molecule has 0 spiro atoms. The third kappa shape index (κ3) is 3.56. The number of alkyl halides is 3. The zero-order valence-corrected chi connectivity index (χ0v) is 15.4. The number of nitrogens with one attached hydrogen (secondary N) is 1. The monoisotopic (exact) mass is 414 g/mol. The Balaban J connectivity index is 1.57. The first-order chi connectivity index (χ1) is 13.2. The maximum Gasteiger partial charge on any atom is 0.453 e. The molecule has 1 N–H and O–H groups in total. The molecule has 3 aromatic rings. The summed E-state index contributed by atoms with van der Waals surface area (Å²) in [7, 11) is 0. The van der Waals surface area contributed by atoms with Gasteiger partial charge in [0.05, 0.1) is 5.02 Å². The fraction of sp³-hybridized carbons (Fsp3) is 0.353. The summed E-state index contributed by atoms with van der Waals surface area (Å²) in [5.74, 6) is -1.45. The highest BCUT2D eigenvalue weighted by Gasteiger charge is 2.37. The molecule has 2 aromatic heterocycles. The molecule has 1 aromatic carbocycles. The standard InChI is InChI=1S/C17H15ClF4N6/c1-9-6-14(28-16(23-9)25-15(26-28)17(20,21)22)24-10-4-5-27(8-10)11-2-3-13(19)12(18)7-11/h2-3,6-7,10,24H,4-5,8H2,1H3. The highest BCUT2D eigenvalue weighted by Crippen LogP contribution is 2.29. The molecule has 1 saturated heterocycles. The summed E-state index contributed by atoms with van der Waals surface area (Å²) < 4.78 is 53.2. The van der Waals surface area contributed by atoms with E-state index in [9.17, 15) is 17.6 Å². The number of rotatable bonds is 3. The average Bonchev–Trinajstić information content (AvgIpc) is 3.24. The summed E-state index contributed by atoms with van der Waals surface area (Å²) >= 11 is 5.85. The number of benzene rings is 1. The molecule has 28 heavy (non-hydrogen) atoms. The number of anilines is 2. The molecule has 1 atom stereocenters. The van der Waals surface area contributed by atoms with Crippen molar-refractivity contribution in [3.63, 3.8) is 0 Å². The molecule has 4 rings (SSSR count). The Labute approximate surface area is 162 Å². The normalized spacial score (nSPS) is 17.5. The minimum atomic E-state index is -4.65. The largest absolute Gasteiger partial charge is 0.453 e. The number of aryl methyl sites for hydroxylation is 1. The Morgan fingerprint density at radius 1 is 1.21 bits per heavy atom. The molecule has 1 aliphatic rings. The second-order valence-corrected chi connectivity index (χ2v) is 7.01. The van der Waals surface area contributed by atoms with Crippen molar-refractivity contribution < 1.29 is 17.6 Å². The van der Waals surface area contributed by atoms with E-state index in [0.717, 1.165) is 16.6 Å². The Hall–Kier alpha value is -2.62. The molecule has 148 valence electrons. The molecule has 0 aliphatic carbocycles. The lowest BCUT2D eigenvalue weighted by Gasteiger charge is -2.20. The summed E-state index contributed by atoms with van der Waals surface area (Å²) in [5, 5.41) is 6.81. The Morgan fingerprint density at radius 2 is 2.00 bits per heavy atom. The summed E-state index contributed by atoms with van der Waals surface area (Å²) in [6.07, 6.45) is -3.91. The van der Waals surface area contributed by atoms with E-state index in [4.69, 9.17) is 11.6 Å². The number of hydrogen-bond acceptors (Lipinski definition) is 5. The molecule has 1 unspecified atom stereocenters. The fourth-order valence-corrected chi connectivity index (χ4v) is 3.39. The van der Waals surface area contributed by atoms with Crippen LogP contribution in [0.2, 0.25) is 5.02 Å². The van der Waals surface area contributed by atoms with E-state index in [2.05, 4.69) is 20.4 Å². The van der Waals surface area contributed by atoms with E-state index >= 15 is 0 Å². The van der Waals surface area contributed by atoms with Crippen LogP contribution in [0.25, 0.3) is 5.78 Å². The van der Waals surface area contributed by atoms with E-state index in [1.54, 1.807) is 25.1 Å². The first-order valence-electron chi connectivity index (χ1n) is 8.49. The predicted molar refractivity (Wildman–Crippen MR) is 96.2 cm³/mol. The van der Waals surface area contributed by atoms with E-state index in [1.807, 2.05) is 4.90 Å². The van der Waals surface area contributed by atoms with Crippen LogP contribution in [0.15, 0.2) is 24.3 Å². The predicted octanol–water partition coefficient (Wildman–Crippen LogP) is 3.93. The van der Waals surface area contributed by atoms with Gasteiger partial charge >= 0.3 is 6.18 Å². The third-order valence-corrected chi connectivity index (χ3v) is 4.79. The lowest BCUT2D eigenvalue weighted by Crippen LogP contribution is -2.27. The fourth-order valence-electron chi connectivity index (χ4n) is 3.21. The van der Waals surface area contributed by atoms with Gasteiger partial charge in [-0.1, -0.05) is 11.6 Å². The first kappa shape index (κ1) is 18.7. The van der Waals surface area contributed by atoms with Crippen LogP contribution < -0.4 is 10.2 Å². The smallest absolute Gasteiger partial charge is 0.369 e. The van der Waals surface area contributed by atoms with Crippen molar-refractivity contribution in [2.24, 2.45) is 0 Å².